The van der Waals surface area contributed by atoms with Crippen molar-refractivity contribution in [3.63, 3.8) is 0 Å². The summed E-state index contributed by atoms with van der Waals surface area (Å²) in [5, 5.41) is 3.24. The molecule has 0 saturated carbocycles. The largest absolute Gasteiger partial charge is 0.497 e. The van der Waals surface area contributed by atoms with Gasteiger partial charge >= 0.3 is 0 Å². The number of amides is 1. The van der Waals surface area contributed by atoms with Crippen molar-refractivity contribution in [2.75, 3.05) is 43.5 Å². The number of hydrogen-bond donors (Lipinski definition) is 1. The Labute approximate surface area is 154 Å². The fraction of sp³-hybridized carbons (Fsp3) is 0.400. The molecule has 2 heterocycles. The lowest BCUT2D eigenvalue weighted by atomic mass is 10.2. The Morgan fingerprint density at radius 1 is 1.12 bits per heavy atom. The van der Waals surface area contributed by atoms with Crippen molar-refractivity contribution >= 4 is 17.4 Å². The number of methoxy groups -OCH3 is 1. The summed E-state index contributed by atoms with van der Waals surface area (Å²) < 4.78 is 5.21. The van der Waals surface area contributed by atoms with Crippen molar-refractivity contribution in [1.82, 2.24) is 9.88 Å². The highest BCUT2D eigenvalue weighted by Gasteiger charge is 2.22. The molecule has 1 N–H and O–H groups in total. The summed E-state index contributed by atoms with van der Waals surface area (Å²) in [7, 11) is 1.67. The van der Waals surface area contributed by atoms with Crippen LogP contribution in [0.15, 0.2) is 42.6 Å². The molecule has 1 aromatic carbocycles. The van der Waals surface area contributed by atoms with Crippen molar-refractivity contribution in [3.05, 3.63) is 48.2 Å². The van der Waals surface area contributed by atoms with Gasteiger partial charge in [-0.25, -0.2) is 4.98 Å². The Kier molecular flexibility index (Phi) is 5.61. The van der Waals surface area contributed by atoms with Crippen LogP contribution in [0, 0.1) is 0 Å². The average Bonchev–Trinajstić information content (AvgIpc) is 2.67. The van der Waals surface area contributed by atoms with Crippen molar-refractivity contribution in [2.45, 2.75) is 19.9 Å². The number of benzene rings is 1. The maximum absolute atomic E-state index is 12.8. The van der Waals surface area contributed by atoms with Crippen molar-refractivity contribution in [2.24, 2.45) is 0 Å². The third-order valence-corrected chi connectivity index (χ3v) is 4.45. The van der Waals surface area contributed by atoms with Crippen LogP contribution in [0.1, 0.15) is 24.2 Å². The van der Waals surface area contributed by atoms with E-state index in [4.69, 9.17) is 4.74 Å². The second kappa shape index (κ2) is 8.08. The molecule has 6 nitrogen and oxygen atoms in total. The number of aromatic nitrogens is 1. The molecule has 6 heteroatoms. The van der Waals surface area contributed by atoms with Crippen LogP contribution in [0.2, 0.25) is 0 Å². The summed E-state index contributed by atoms with van der Waals surface area (Å²) in [5.41, 5.74) is 1.84. The average molecular weight is 354 g/mol. The maximum Gasteiger partial charge on any atom is 0.254 e. The normalized spacial score (nSPS) is 14.5. The van der Waals surface area contributed by atoms with Gasteiger partial charge in [-0.05, 0) is 50.2 Å². The van der Waals surface area contributed by atoms with Crippen molar-refractivity contribution in [1.29, 1.82) is 0 Å². The molecule has 1 amide bonds. The smallest absolute Gasteiger partial charge is 0.254 e. The molecule has 1 aromatic heterocycles. The van der Waals surface area contributed by atoms with Crippen LogP contribution < -0.4 is 15.0 Å². The minimum atomic E-state index is 0.0635. The highest BCUT2D eigenvalue weighted by Crippen LogP contribution is 2.21. The number of nitrogens with zero attached hydrogens (tertiary/aromatic N) is 3. The molecule has 2 aromatic rings. The van der Waals surface area contributed by atoms with E-state index in [0.29, 0.717) is 18.7 Å². The second-order valence-electron chi connectivity index (χ2n) is 6.71. The standard InChI is InChI=1S/C20H26N4O2/c1-15(2)22-19-14-16(8-9-21-19)20(25)24-12-10-23(11-13-24)17-4-6-18(26-3)7-5-17/h4-9,14-15H,10-13H2,1-3H3,(H,21,22). The van der Waals surface area contributed by atoms with Crippen LogP contribution in [0.5, 0.6) is 5.75 Å². The van der Waals surface area contributed by atoms with Gasteiger partial charge in [0.15, 0.2) is 0 Å². The zero-order chi connectivity index (χ0) is 18.5. The summed E-state index contributed by atoms with van der Waals surface area (Å²) >= 11 is 0. The number of hydrogen-bond acceptors (Lipinski definition) is 5. The van der Waals surface area contributed by atoms with E-state index in [2.05, 4.69) is 41.2 Å². The van der Waals surface area contributed by atoms with Gasteiger partial charge in [-0.3, -0.25) is 4.79 Å². The Hall–Kier alpha value is -2.76. The van der Waals surface area contributed by atoms with Gasteiger partial charge < -0.3 is 19.9 Å². The van der Waals surface area contributed by atoms with Gasteiger partial charge in [0.05, 0.1) is 7.11 Å². The molecule has 1 fully saturated rings. The molecule has 0 spiro atoms. The minimum absolute atomic E-state index is 0.0635. The monoisotopic (exact) mass is 354 g/mol. The zero-order valence-corrected chi connectivity index (χ0v) is 15.6. The molecule has 3 rings (SSSR count). The summed E-state index contributed by atoms with van der Waals surface area (Å²) in [6, 6.07) is 11.9. The van der Waals surface area contributed by atoms with Crippen LogP contribution in [-0.4, -0.2) is 55.1 Å². The number of rotatable bonds is 5. The van der Waals surface area contributed by atoms with Crippen molar-refractivity contribution < 1.29 is 9.53 Å². The van der Waals surface area contributed by atoms with E-state index in [0.717, 1.165) is 30.3 Å². The molecule has 0 atom stereocenters. The highest BCUT2D eigenvalue weighted by molar-refractivity contribution is 5.95. The molecule has 0 aliphatic carbocycles. The Morgan fingerprint density at radius 2 is 1.81 bits per heavy atom. The molecular formula is C20H26N4O2. The number of nitrogens with one attached hydrogen (secondary N) is 1. The zero-order valence-electron chi connectivity index (χ0n) is 15.6. The van der Waals surface area contributed by atoms with E-state index in [1.807, 2.05) is 23.1 Å². The fourth-order valence-electron chi connectivity index (χ4n) is 3.08. The van der Waals surface area contributed by atoms with E-state index in [9.17, 15) is 4.79 Å². The van der Waals surface area contributed by atoms with Gasteiger partial charge in [-0.15, -0.1) is 0 Å². The first-order valence-electron chi connectivity index (χ1n) is 8.97. The third kappa shape index (κ3) is 4.25. The lowest BCUT2D eigenvalue weighted by Crippen LogP contribution is -2.48. The predicted molar refractivity (Wildman–Crippen MR) is 104 cm³/mol. The van der Waals surface area contributed by atoms with Gasteiger partial charge in [-0.2, -0.15) is 0 Å². The van der Waals surface area contributed by atoms with Gasteiger partial charge in [0.25, 0.3) is 5.91 Å². The fourth-order valence-corrected chi connectivity index (χ4v) is 3.08. The van der Waals surface area contributed by atoms with Gasteiger partial charge in [0, 0.05) is 49.7 Å². The molecule has 1 aliphatic heterocycles. The number of ether oxygens (including phenoxy) is 1. The lowest BCUT2D eigenvalue weighted by Gasteiger charge is -2.36. The Balaban J connectivity index is 1.61. The van der Waals surface area contributed by atoms with Gasteiger partial charge in [-0.1, -0.05) is 0 Å². The van der Waals surface area contributed by atoms with Crippen LogP contribution >= 0.6 is 0 Å². The van der Waals surface area contributed by atoms with Gasteiger partial charge in [0.1, 0.15) is 11.6 Å². The SMILES string of the molecule is COc1ccc(N2CCN(C(=O)c3ccnc(NC(C)C)c3)CC2)cc1. The second-order valence-corrected chi connectivity index (χ2v) is 6.71. The van der Waals surface area contributed by atoms with Crippen LogP contribution in [-0.2, 0) is 0 Å². The molecule has 0 bridgehead atoms. The number of piperazine rings is 1. The van der Waals surface area contributed by atoms with E-state index >= 15 is 0 Å². The number of anilines is 2. The molecule has 1 aliphatic rings. The van der Waals surface area contributed by atoms with Crippen LogP contribution in [0.3, 0.4) is 0 Å². The molecule has 26 heavy (non-hydrogen) atoms. The number of pyridine rings is 1. The molecule has 138 valence electrons. The van der Waals surface area contributed by atoms with Gasteiger partial charge in [0.2, 0.25) is 0 Å². The molecule has 0 unspecified atom stereocenters. The van der Waals surface area contributed by atoms with E-state index < -0.39 is 0 Å². The molecule has 0 radical (unpaired) electrons. The lowest BCUT2D eigenvalue weighted by molar-refractivity contribution is 0.0746. The first kappa shape index (κ1) is 18.0. The first-order chi connectivity index (χ1) is 12.6. The molecule has 1 saturated heterocycles. The Bertz CT molecular complexity index is 738. The third-order valence-electron chi connectivity index (χ3n) is 4.45. The Morgan fingerprint density at radius 3 is 2.42 bits per heavy atom. The summed E-state index contributed by atoms with van der Waals surface area (Å²) in [6.45, 7) is 7.16. The number of carbonyl (C=O) groups excluding carboxylic acids is 1. The van der Waals surface area contributed by atoms with E-state index in [-0.39, 0.29) is 11.9 Å². The summed E-state index contributed by atoms with van der Waals surface area (Å²) in [5.74, 6) is 1.65. The maximum atomic E-state index is 12.8. The first-order valence-corrected chi connectivity index (χ1v) is 8.97. The summed E-state index contributed by atoms with van der Waals surface area (Å²) in [4.78, 5) is 21.3. The minimum Gasteiger partial charge on any atom is -0.497 e. The molecular weight excluding hydrogens is 328 g/mol. The quantitative estimate of drug-likeness (QED) is 0.895. The van der Waals surface area contributed by atoms with E-state index in [1.54, 1.807) is 19.4 Å². The predicted octanol–water partition coefficient (Wildman–Crippen LogP) is 2.87. The summed E-state index contributed by atoms with van der Waals surface area (Å²) in [6.07, 6.45) is 1.69. The van der Waals surface area contributed by atoms with Crippen LogP contribution in [0.25, 0.3) is 0 Å². The van der Waals surface area contributed by atoms with E-state index in [1.165, 1.54) is 0 Å². The number of carbonyl (C=O) groups is 1. The topological polar surface area (TPSA) is 57.7 Å². The van der Waals surface area contributed by atoms with Crippen molar-refractivity contribution in [3.8, 4) is 5.75 Å². The van der Waals surface area contributed by atoms with Crippen LogP contribution in [0.4, 0.5) is 11.5 Å². The highest BCUT2D eigenvalue weighted by atomic mass is 16.5.